The van der Waals surface area contributed by atoms with Gasteiger partial charge in [-0.2, -0.15) is 4.31 Å². The molecule has 114 valence electrons. The molecule has 21 heavy (non-hydrogen) atoms. The lowest BCUT2D eigenvalue weighted by Gasteiger charge is -2.37. The van der Waals surface area contributed by atoms with Gasteiger partial charge in [0.2, 0.25) is 0 Å². The Hall–Kier alpha value is -1.25. The van der Waals surface area contributed by atoms with Crippen molar-refractivity contribution in [2.75, 3.05) is 13.1 Å². The second-order valence-corrected chi connectivity index (χ2v) is 8.46. The molecule has 0 bridgehead atoms. The summed E-state index contributed by atoms with van der Waals surface area (Å²) in [5.41, 5.74) is -0.0235. The van der Waals surface area contributed by atoms with Crippen molar-refractivity contribution in [1.29, 1.82) is 0 Å². The van der Waals surface area contributed by atoms with Gasteiger partial charge in [-0.3, -0.25) is 0 Å². The van der Waals surface area contributed by atoms with Crippen LogP contribution in [0.5, 0.6) is 0 Å². The first kappa shape index (κ1) is 14.7. The molecule has 2 aromatic heterocycles. The third kappa shape index (κ3) is 2.63. The second-order valence-electron chi connectivity index (χ2n) is 5.68. The van der Waals surface area contributed by atoms with Crippen molar-refractivity contribution in [3.8, 4) is 0 Å². The van der Waals surface area contributed by atoms with Crippen LogP contribution in [0.3, 0.4) is 0 Å². The topological polar surface area (TPSA) is 68.1 Å². The van der Waals surface area contributed by atoms with Gasteiger partial charge in [0.05, 0.1) is 11.3 Å². The standard InChI is InChI=1S/C13H18N4O2S2/c1-13(12-14-5-8-20-12)3-6-17(7-4-13)21(18,19)11-9-16(2)10-15-11/h5,8-10H,3-4,6-7H2,1-2H3. The minimum Gasteiger partial charge on any atom is -0.339 e. The fourth-order valence-electron chi connectivity index (χ4n) is 2.61. The Kier molecular flexibility index (Phi) is 3.62. The molecule has 0 aliphatic carbocycles. The van der Waals surface area contributed by atoms with Gasteiger partial charge in [0.25, 0.3) is 10.0 Å². The summed E-state index contributed by atoms with van der Waals surface area (Å²) in [6.45, 7) is 3.18. The lowest BCUT2D eigenvalue weighted by Crippen LogP contribution is -2.43. The van der Waals surface area contributed by atoms with Crippen molar-refractivity contribution >= 4 is 21.4 Å². The normalized spacial score (nSPS) is 19.7. The first-order valence-corrected chi connectivity index (χ1v) is 9.12. The molecule has 0 saturated carbocycles. The SMILES string of the molecule is Cn1cnc(S(=O)(=O)N2CCC(C)(c3nccs3)CC2)c1. The predicted molar refractivity (Wildman–Crippen MR) is 80.7 cm³/mol. The quantitative estimate of drug-likeness (QED) is 0.859. The van der Waals surface area contributed by atoms with Crippen molar-refractivity contribution in [3.05, 3.63) is 29.1 Å². The van der Waals surface area contributed by atoms with Gasteiger partial charge in [-0.1, -0.05) is 6.92 Å². The number of sulfonamides is 1. The smallest absolute Gasteiger partial charge is 0.262 e. The number of nitrogens with zero attached hydrogens (tertiary/aromatic N) is 4. The van der Waals surface area contributed by atoms with Gasteiger partial charge in [-0.25, -0.2) is 18.4 Å². The van der Waals surface area contributed by atoms with Gasteiger partial charge < -0.3 is 4.57 Å². The Morgan fingerprint density at radius 1 is 1.29 bits per heavy atom. The number of imidazole rings is 1. The number of rotatable bonds is 3. The van der Waals surface area contributed by atoms with Gasteiger partial charge in [0.15, 0.2) is 5.03 Å². The molecule has 3 heterocycles. The van der Waals surface area contributed by atoms with Gasteiger partial charge in [-0.05, 0) is 12.8 Å². The average molecular weight is 326 g/mol. The minimum absolute atomic E-state index is 0.0235. The van der Waals surface area contributed by atoms with E-state index in [0.717, 1.165) is 17.8 Å². The van der Waals surface area contributed by atoms with E-state index in [1.807, 2.05) is 11.6 Å². The second kappa shape index (κ2) is 5.19. The zero-order valence-electron chi connectivity index (χ0n) is 12.1. The molecule has 0 amide bonds. The van der Waals surface area contributed by atoms with Crippen molar-refractivity contribution in [2.45, 2.75) is 30.2 Å². The zero-order chi connectivity index (χ0) is 15.1. The third-order valence-corrected chi connectivity index (χ3v) is 6.92. The molecule has 0 N–H and O–H groups in total. The molecular weight excluding hydrogens is 308 g/mol. The van der Waals surface area contributed by atoms with Crippen LogP contribution in [0.1, 0.15) is 24.8 Å². The van der Waals surface area contributed by atoms with Crippen LogP contribution in [0.15, 0.2) is 29.1 Å². The van der Waals surface area contributed by atoms with Crippen LogP contribution < -0.4 is 0 Å². The summed E-state index contributed by atoms with van der Waals surface area (Å²) in [7, 11) is -1.71. The highest BCUT2D eigenvalue weighted by molar-refractivity contribution is 7.89. The maximum absolute atomic E-state index is 12.5. The maximum atomic E-state index is 12.5. The summed E-state index contributed by atoms with van der Waals surface area (Å²) in [4.78, 5) is 8.37. The molecule has 1 aliphatic rings. The summed E-state index contributed by atoms with van der Waals surface area (Å²) >= 11 is 1.64. The van der Waals surface area contributed by atoms with Crippen molar-refractivity contribution < 1.29 is 8.42 Å². The molecule has 0 radical (unpaired) electrons. The molecule has 1 aliphatic heterocycles. The fraction of sp³-hybridized carbons (Fsp3) is 0.538. The molecule has 0 spiro atoms. The molecule has 2 aromatic rings. The van der Waals surface area contributed by atoms with Crippen LogP contribution in [0.25, 0.3) is 0 Å². The van der Waals surface area contributed by atoms with E-state index < -0.39 is 10.0 Å². The number of piperidine rings is 1. The lowest BCUT2D eigenvalue weighted by atomic mass is 9.82. The monoisotopic (exact) mass is 326 g/mol. The van der Waals surface area contributed by atoms with Gasteiger partial charge >= 0.3 is 0 Å². The largest absolute Gasteiger partial charge is 0.339 e. The zero-order valence-corrected chi connectivity index (χ0v) is 13.7. The molecule has 3 rings (SSSR count). The molecule has 0 aromatic carbocycles. The predicted octanol–water partition coefficient (Wildman–Crippen LogP) is 1.62. The summed E-state index contributed by atoms with van der Waals surface area (Å²) in [5.74, 6) is 0. The Labute approximate surface area is 128 Å². The first-order valence-electron chi connectivity index (χ1n) is 6.80. The highest BCUT2D eigenvalue weighted by atomic mass is 32.2. The van der Waals surface area contributed by atoms with Crippen LogP contribution in [0.4, 0.5) is 0 Å². The highest BCUT2D eigenvalue weighted by Gasteiger charge is 2.38. The molecule has 8 heteroatoms. The van der Waals surface area contributed by atoms with Crippen LogP contribution in [0, 0.1) is 0 Å². The molecular formula is C13H18N4O2S2. The Morgan fingerprint density at radius 3 is 2.52 bits per heavy atom. The van der Waals surface area contributed by atoms with E-state index in [-0.39, 0.29) is 10.4 Å². The highest BCUT2D eigenvalue weighted by Crippen LogP contribution is 2.37. The van der Waals surface area contributed by atoms with Crippen LogP contribution >= 0.6 is 11.3 Å². The Morgan fingerprint density at radius 2 is 2.00 bits per heavy atom. The van der Waals surface area contributed by atoms with Crippen LogP contribution in [-0.4, -0.2) is 40.3 Å². The van der Waals surface area contributed by atoms with Crippen molar-refractivity contribution in [3.63, 3.8) is 0 Å². The number of thiazole rings is 1. The average Bonchev–Trinajstić information content (AvgIpc) is 3.10. The third-order valence-electron chi connectivity index (χ3n) is 4.06. The van der Waals surface area contributed by atoms with E-state index in [1.165, 1.54) is 10.6 Å². The number of hydrogen-bond acceptors (Lipinski definition) is 5. The fourth-order valence-corrected chi connectivity index (χ4v) is 4.88. The van der Waals surface area contributed by atoms with E-state index >= 15 is 0 Å². The Balaban J connectivity index is 1.77. The summed E-state index contributed by atoms with van der Waals surface area (Å²) in [6.07, 6.45) is 6.43. The van der Waals surface area contributed by atoms with E-state index in [1.54, 1.807) is 29.1 Å². The van der Waals surface area contributed by atoms with E-state index in [4.69, 9.17) is 0 Å². The number of aryl methyl sites for hydroxylation is 1. The van der Waals surface area contributed by atoms with E-state index in [0.29, 0.717) is 13.1 Å². The first-order chi connectivity index (χ1) is 9.92. The molecule has 0 atom stereocenters. The van der Waals surface area contributed by atoms with E-state index in [2.05, 4.69) is 16.9 Å². The molecule has 1 saturated heterocycles. The molecule has 1 fully saturated rings. The lowest BCUT2D eigenvalue weighted by molar-refractivity contribution is 0.248. The maximum Gasteiger partial charge on any atom is 0.262 e. The molecule has 0 unspecified atom stereocenters. The van der Waals surface area contributed by atoms with Crippen LogP contribution in [0.2, 0.25) is 0 Å². The summed E-state index contributed by atoms with van der Waals surface area (Å²) < 4.78 is 28.3. The Bertz CT molecular complexity index is 713. The van der Waals surface area contributed by atoms with Crippen molar-refractivity contribution in [2.24, 2.45) is 7.05 Å². The van der Waals surface area contributed by atoms with Gasteiger partial charge in [0.1, 0.15) is 0 Å². The summed E-state index contributed by atoms with van der Waals surface area (Å²) in [5, 5.41) is 3.19. The summed E-state index contributed by atoms with van der Waals surface area (Å²) in [6, 6.07) is 0. The number of hydrogen-bond donors (Lipinski definition) is 0. The van der Waals surface area contributed by atoms with Crippen LogP contribution in [-0.2, 0) is 22.5 Å². The number of aromatic nitrogens is 3. The van der Waals surface area contributed by atoms with E-state index in [9.17, 15) is 8.42 Å². The van der Waals surface area contributed by atoms with Crippen molar-refractivity contribution in [1.82, 2.24) is 18.8 Å². The minimum atomic E-state index is -3.48. The van der Waals surface area contributed by atoms with Gasteiger partial charge in [-0.15, -0.1) is 11.3 Å². The van der Waals surface area contributed by atoms with Gasteiger partial charge in [0, 0.05) is 43.3 Å². The molecule has 6 nitrogen and oxygen atoms in total.